The third-order valence-electron chi connectivity index (χ3n) is 2.63. The summed E-state index contributed by atoms with van der Waals surface area (Å²) in [4.78, 5) is 22.7. The van der Waals surface area contributed by atoms with Crippen LogP contribution >= 0.6 is 11.6 Å². The lowest BCUT2D eigenvalue weighted by molar-refractivity contribution is -0.116. The Labute approximate surface area is 120 Å². The fourth-order valence-corrected chi connectivity index (χ4v) is 1.89. The number of aromatic nitrogens is 2. The number of carbonyl (C=O) groups excluding carboxylic acids is 1. The molecular formula is C13H12ClN3O3. The molecule has 1 amide bonds. The molecule has 1 aromatic heterocycles. The van der Waals surface area contributed by atoms with Gasteiger partial charge in [-0.1, -0.05) is 23.7 Å². The number of aromatic carboxylic acids is 1. The first kappa shape index (κ1) is 14.1. The van der Waals surface area contributed by atoms with Crippen molar-refractivity contribution in [1.82, 2.24) is 9.78 Å². The number of benzene rings is 1. The van der Waals surface area contributed by atoms with E-state index in [0.717, 1.165) is 0 Å². The van der Waals surface area contributed by atoms with Gasteiger partial charge in [0.2, 0.25) is 5.91 Å². The fraction of sp³-hybridized carbons (Fsp3) is 0.154. The number of carbonyl (C=O) groups is 2. The first-order chi connectivity index (χ1) is 9.47. The minimum absolute atomic E-state index is 0.0792. The molecule has 0 saturated heterocycles. The predicted octanol–water partition coefficient (Wildman–Crippen LogP) is 2.18. The van der Waals surface area contributed by atoms with Crippen molar-refractivity contribution in [3.63, 3.8) is 0 Å². The zero-order valence-corrected chi connectivity index (χ0v) is 11.4. The van der Waals surface area contributed by atoms with Crippen molar-refractivity contribution in [2.75, 3.05) is 5.32 Å². The van der Waals surface area contributed by atoms with E-state index in [-0.39, 0.29) is 18.0 Å². The number of amides is 1. The van der Waals surface area contributed by atoms with E-state index in [1.165, 1.54) is 10.9 Å². The van der Waals surface area contributed by atoms with Crippen molar-refractivity contribution in [2.45, 2.75) is 13.5 Å². The Bertz CT molecular complexity index is 667. The molecule has 0 saturated carbocycles. The molecule has 0 aliphatic carbocycles. The summed E-state index contributed by atoms with van der Waals surface area (Å²) in [5.74, 6) is -1.40. The number of aryl methyl sites for hydroxylation is 1. The van der Waals surface area contributed by atoms with Gasteiger partial charge in [-0.2, -0.15) is 5.10 Å². The highest BCUT2D eigenvalue weighted by molar-refractivity contribution is 6.33. The third kappa shape index (κ3) is 3.16. The summed E-state index contributed by atoms with van der Waals surface area (Å²) < 4.78 is 1.28. The van der Waals surface area contributed by atoms with Crippen molar-refractivity contribution < 1.29 is 14.7 Å². The molecule has 2 rings (SSSR count). The van der Waals surface area contributed by atoms with E-state index in [1.54, 1.807) is 31.2 Å². The lowest BCUT2D eigenvalue weighted by atomic mass is 10.3. The lowest BCUT2D eigenvalue weighted by Crippen LogP contribution is -2.19. The largest absolute Gasteiger partial charge is 0.478 e. The quantitative estimate of drug-likeness (QED) is 0.905. The second-order valence-corrected chi connectivity index (χ2v) is 4.57. The first-order valence-corrected chi connectivity index (χ1v) is 6.17. The molecule has 0 aliphatic heterocycles. The average molecular weight is 294 g/mol. The molecule has 6 nitrogen and oxygen atoms in total. The molecule has 1 aromatic carbocycles. The van der Waals surface area contributed by atoms with Crippen LogP contribution in [0.1, 0.15) is 16.1 Å². The molecule has 0 aliphatic rings. The molecular weight excluding hydrogens is 282 g/mol. The Balaban J connectivity index is 2.07. The number of hydrogen-bond donors (Lipinski definition) is 2. The zero-order valence-electron chi connectivity index (χ0n) is 10.6. The maximum Gasteiger partial charge on any atom is 0.339 e. The summed E-state index contributed by atoms with van der Waals surface area (Å²) in [6.07, 6.45) is 1.32. The number of carboxylic acid groups (broad SMARTS) is 1. The van der Waals surface area contributed by atoms with Gasteiger partial charge in [0, 0.05) is 6.20 Å². The van der Waals surface area contributed by atoms with Crippen molar-refractivity contribution in [1.29, 1.82) is 0 Å². The van der Waals surface area contributed by atoms with Crippen LogP contribution in [-0.4, -0.2) is 26.8 Å². The van der Waals surface area contributed by atoms with Gasteiger partial charge in [-0.05, 0) is 19.1 Å². The highest BCUT2D eigenvalue weighted by atomic mass is 35.5. The van der Waals surface area contributed by atoms with Crippen molar-refractivity contribution in [3.8, 4) is 0 Å². The second kappa shape index (κ2) is 5.75. The Morgan fingerprint density at radius 2 is 2.10 bits per heavy atom. The van der Waals surface area contributed by atoms with Crippen LogP contribution in [0.2, 0.25) is 5.02 Å². The summed E-state index contributed by atoms with van der Waals surface area (Å²) in [5.41, 5.74) is 0.945. The number of halogens is 1. The minimum Gasteiger partial charge on any atom is -0.478 e. The molecule has 20 heavy (non-hydrogen) atoms. The SMILES string of the molecule is Cc1nn(CC(=O)Nc2ccccc2Cl)cc1C(=O)O. The number of carboxylic acids is 1. The van der Waals surface area contributed by atoms with E-state index >= 15 is 0 Å². The predicted molar refractivity (Wildman–Crippen MR) is 74.0 cm³/mol. The summed E-state index contributed by atoms with van der Waals surface area (Å²) in [7, 11) is 0. The number of anilines is 1. The van der Waals surface area contributed by atoms with Crippen molar-refractivity contribution in [2.24, 2.45) is 0 Å². The number of para-hydroxylation sites is 1. The average Bonchev–Trinajstić information content (AvgIpc) is 2.73. The molecule has 0 fully saturated rings. The van der Waals surface area contributed by atoms with Crippen LogP contribution in [0.3, 0.4) is 0 Å². The second-order valence-electron chi connectivity index (χ2n) is 4.16. The van der Waals surface area contributed by atoms with E-state index in [9.17, 15) is 9.59 Å². The smallest absolute Gasteiger partial charge is 0.339 e. The molecule has 0 unspecified atom stereocenters. The lowest BCUT2D eigenvalue weighted by Gasteiger charge is -2.06. The molecule has 2 aromatic rings. The summed E-state index contributed by atoms with van der Waals surface area (Å²) in [5, 5.41) is 16.0. The molecule has 104 valence electrons. The first-order valence-electron chi connectivity index (χ1n) is 5.79. The van der Waals surface area contributed by atoms with Gasteiger partial charge in [0.15, 0.2) is 0 Å². The molecule has 0 atom stereocenters. The van der Waals surface area contributed by atoms with Crippen LogP contribution in [-0.2, 0) is 11.3 Å². The highest BCUT2D eigenvalue weighted by Crippen LogP contribution is 2.20. The number of nitrogens with one attached hydrogen (secondary N) is 1. The van der Waals surface area contributed by atoms with Crippen LogP contribution in [0.4, 0.5) is 5.69 Å². The monoisotopic (exact) mass is 293 g/mol. The van der Waals surface area contributed by atoms with Gasteiger partial charge < -0.3 is 10.4 Å². The van der Waals surface area contributed by atoms with Gasteiger partial charge in [0.25, 0.3) is 0 Å². The van der Waals surface area contributed by atoms with Crippen LogP contribution < -0.4 is 5.32 Å². The molecule has 7 heteroatoms. The van der Waals surface area contributed by atoms with E-state index in [2.05, 4.69) is 10.4 Å². The van der Waals surface area contributed by atoms with Crippen LogP contribution in [0.25, 0.3) is 0 Å². The Kier molecular flexibility index (Phi) is 4.05. The van der Waals surface area contributed by atoms with Gasteiger partial charge in [-0.25, -0.2) is 4.79 Å². The summed E-state index contributed by atoms with van der Waals surface area (Å²) >= 11 is 5.93. The minimum atomic E-state index is -1.07. The van der Waals surface area contributed by atoms with Crippen molar-refractivity contribution >= 4 is 29.2 Å². The van der Waals surface area contributed by atoms with E-state index in [4.69, 9.17) is 16.7 Å². The van der Waals surface area contributed by atoms with E-state index < -0.39 is 5.97 Å². The maximum absolute atomic E-state index is 11.8. The Hall–Kier alpha value is -2.34. The topological polar surface area (TPSA) is 84.2 Å². The fourth-order valence-electron chi connectivity index (χ4n) is 1.71. The standard InChI is InChI=1S/C13H12ClN3O3/c1-8-9(13(19)20)6-17(16-8)7-12(18)15-11-5-3-2-4-10(11)14/h2-6H,7H2,1H3,(H,15,18)(H,19,20). The van der Waals surface area contributed by atoms with Crippen molar-refractivity contribution in [3.05, 3.63) is 46.7 Å². The zero-order chi connectivity index (χ0) is 14.7. The number of nitrogens with zero attached hydrogens (tertiary/aromatic N) is 2. The van der Waals surface area contributed by atoms with Gasteiger partial charge >= 0.3 is 5.97 Å². The van der Waals surface area contributed by atoms with Gasteiger partial charge in [0.1, 0.15) is 12.1 Å². The van der Waals surface area contributed by atoms with E-state index in [0.29, 0.717) is 16.4 Å². The third-order valence-corrected chi connectivity index (χ3v) is 2.96. The van der Waals surface area contributed by atoms with Crippen LogP contribution in [0, 0.1) is 6.92 Å². The van der Waals surface area contributed by atoms with Gasteiger partial charge in [0.05, 0.1) is 16.4 Å². The summed E-state index contributed by atoms with van der Waals surface area (Å²) in [6.45, 7) is 1.49. The van der Waals surface area contributed by atoms with Crippen LogP contribution in [0.5, 0.6) is 0 Å². The Morgan fingerprint density at radius 3 is 2.70 bits per heavy atom. The van der Waals surface area contributed by atoms with Gasteiger partial charge in [-0.3, -0.25) is 9.48 Å². The molecule has 0 radical (unpaired) electrons. The molecule has 0 bridgehead atoms. The number of hydrogen-bond acceptors (Lipinski definition) is 3. The van der Waals surface area contributed by atoms with Crippen LogP contribution in [0.15, 0.2) is 30.5 Å². The van der Waals surface area contributed by atoms with Gasteiger partial charge in [-0.15, -0.1) is 0 Å². The maximum atomic E-state index is 11.8. The molecule has 0 spiro atoms. The Morgan fingerprint density at radius 1 is 1.40 bits per heavy atom. The number of rotatable bonds is 4. The molecule has 1 heterocycles. The van der Waals surface area contributed by atoms with E-state index in [1.807, 2.05) is 0 Å². The molecule has 2 N–H and O–H groups in total. The normalized spacial score (nSPS) is 10.3. The summed E-state index contributed by atoms with van der Waals surface area (Å²) in [6, 6.07) is 6.85. The highest BCUT2D eigenvalue weighted by Gasteiger charge is 2.13.